The second kappa shape index (κ2) is 4.61. The minimum atomic E-state index is -1.39. The summed E-state index contributed by atoms with van der Waals surface area (Å²) in [5.74, 6) is -0.698. The van der Waals surface area contributed by atoms with Crippen LogP contribution in [-0.4, -0.2) is 38.0 Å². The lowest BCUT2D eigenvalue weighted by molar-refractivity contribution is -0.139. The Morgan fingerprint density at radius 2 is 2.13 bits per heavy atom. The molecule has 1 fully saturated rings. The van der Waals surface area contributed by atoms with Gasteiger partial charge in [0, 0.05) is 10.8 Å². The lowest BCUT2D eigenvalue weighted by Gasteiger charge is -2.20. The zero-order chi connectivity index (χ0) is 11.6. The fourth-order valence-electron chi connectivity index (χ4n) is 1.48. The Bertz CT molecular complexity index is 275. The summed E-state index contributed by atoms with van der Waals surface area (Å²) in [6.07, 6.45) is 2.01. The Labute approximate surface area is 92.5 Å². The van der Waals surface area contributed by atoms with Crippen LogP contribution in [0.3, 0.4) is 0 Å². The van der Waals surface area contributed by atoms with Crippen LogP contribution < -0.4 is 0 Å². The fourth-order valence-corrected chi connectivity index (χ4v) is 2.68. The maximum Gasteiger partial charge on any atom is 0.321 e. The molecule has 0 spiro atoms. The predicted molar refractivity (Wildman–Crippen MR) is 58.3 cm³/mol. The number of rotatable bonds is 4. The van der Waals surface area contributed by atoms with Gasteiger partial charge in [-0.3, -0.25) is 9.00 Å². The smallest absolute Gasteiger partial charge is 0.321 e. The highest BCUT2D eigenvalue weighted by atomic mass is 32.2. The fraction of sp³-hybridized carbons (Fsp3) is 0.900. The SMILES string of the molecule is CC1CCC(CS(=O)C(C)(C)C(=O)O)O1. The van der Waals surface area contributed by atoms with Gasteiger partial charge >= 0.3 is 5.97 Å². The third kappa shape index (κ3) is 3.01. The Morgan fingerprint density at radius 3 is 2.53 bits per heavy atom. The van der Waals surface area contributed by atoms with Gasteiger partial charge in [-0.1, -0.05) is 0 Å². The summed E-state index contributed by atoms with van der Waals surface area (Å²) >= 11 is 0. The molecule has 0 aromatic carbocycles. The van der Waals surface area contributed by atoms with E-state index in [2.05, 4.69) is 0 Å². The Kier molecular flexibility index (Phi) is 3.89. The highest BCUT2D eigenvalue weighted by Gasteiger charge is 2.37. The Balaban J connectivity index is 2.52. The van der Waals surface area contributed by atoms with E-state index in [9.17, 15) is 9.00 Å². The number of ether oxygens (including phenoxy) is 1. The molecule has 5 heteroatoms. The number of carbonyl (C=O) groups is 1. The molecule has 3 unspecified atom stereocenters. The molecule has 1 N–H and O–H groups in total. The molecule has 1 saturated heterocycles. The summed E-state index contributed by atoms with van der Waals surface area (Å²) in [5.41, 5.74) is 0. The van der Waals surface area contributed by atoms with Gasteiger partial charge in [0.2, 0.25) is 0 Å². The molecule has 88 valence electrons. The van der Waals surface area contributed by atoms with Crippen molar-refractivity contribution in [2.45, 2.75) is 50.6 Å². The average Bonchev–Trinajstić information content (AvgIpc) is 2.50. The van der Waals surface area contributed by atoms with Crippen molar-refractivity contribution in [2.24, 2.45) is 0 Å². The molecule has 1 rings (SSSR count). The summed E-state index contributed by atoms with van der Waals surface area (Å²) in [6.45, 7) is 4.96. The predicted octanol–water partition coefficient (Wildman–Crippen LogP) is 1.17. The van der Waals surface area contributed by atoms with Crippen LogP contribution >= 0.6 is 0 Å². The minimum absolute atomic E-state index is 0.0422. The number of hydrogen-bond donors (Lipinski definition) is 1. The van der Waals surface area contributed by atoms with Gasteiger partial charge < -0.3 is 9.84 Å². The first-order valence-electron chi connectivity index (χ1n) is 5.11. The van der Waals surface area contributed by atoms with E-state index in [4.69, 9.17) is 9.84 Å². The standard InChI is InChI=1S/C10H18O4S/c1-7-4-5-8(14-7)6-15(13)10(2,3)9(11)12/h7-8H,4-6H2,1-3H3,(H,11,12). The van der Waals surface area contributed by atoms with Crippen molar-refractivity contribution in [3.63, 3.8) is 0 Å². The summed E-state index contributed by atoms with van der Waals surface area (Å²) in [6, 6.07) is 0. The van der Waals surface area contributed by atoms with Crippen molar-refractivity contribution in [1.82, 2.24) is 0 Å². The first kappa shape index (κ1) is 12.6. The van der Waals surface area contributed by atoms with Crippen LogP contribution in [0, 0.1) is 0 Å². The van der Waals surface area contributed by atoms with Crippen LogP contribution in [0.4, 0.5) is 0 Å². The maximum atomic E-state index is 11.8. The molecule has 3 atom stereocenters. The first-order chi connectivity index (χ1) is 6.84. The highest BCUT2D eigenvalue weighted by Crippen LogP contribution is 2.23. The zero-order valence-corrected chi connectivity index (χ0v) is 10.2. The normalized spacial score (nSPS) is 29.0. The number of carboxylic acids is 1. The molecule has 0 bridgehead atoms. The third-order valence-corrected chi connectivity index (χ3v) is 4.73. The molecule has 0 aromatic heterocycles. The van der Waals surface area contributed by atoms with E-state index < -0.39 is 21.5 Å². The van der Waals surface area contributed by atoms with Gasteiger partial charge in [-0.15, -0.1) is 0 Å². The Hall–Kier alpha value is -0.420. The van der Waals surface area contributed by atoms with Gasteiger partial charge in [-0.05, 0) is 33.6 Å². The van der Waals surface area contributed by atoms with E-state index in [0.29, 0.717) is 5.75 Å². The van der Waals surface area contributed by atoms with Crippen LogP contribution in [-0.2, 0) is 20.3 Å². The van der Waals surface area contributed by atoms with E-state index in [1.807, 2.05) is 6.92 Å². The molecule has 0 saturated carbocycles. The van der Waals surface area contributed by atoms with Gasteiger partial charge in [-0.2, -0.15) is 0 Å². The van der Waals surface area contributed by atoms with Crippen LogP contribution in [0.25, 0.3) is 0 Å². The van der Waals surface area contributed by atoms with Gasteiger partial charge in [0.05, 0.1) is 18.0 Å². The van der Waals surface area contributed by atoms with Crippen molar-refractivity contribution in [3.8, 4) is 0 Å². The minimum Gasteiger partial charge on any atom is -0.480 e. The van der Waals surface area contributed by atoms with Gasteiger partial charge in [0.1, 0.15) is 4.75 Å². The molecule has 4 nitrogen and oxygen atoms in total. The third-order valence-electron chi connectivity index (χ3n) is 2.74. The number of carboxylic acid groups (broad SMARTS) is 1. The summed E-state index contributed by atoms with van der Waals surface area (Å²) in [7, 11) is -1.39. The molecule has 1 heterocycles. The zero-order valence-electron chi connectivity index (χ0n) is 9.36. The molecule has 0 aromatic rings. The molecule has 0 radical (unpaired) electrons. The molecule has 0 amide bonds. The second-order valence-corrected chi connectivity index (χ2v) is 6.52. The van der Waals surface area contributed by atoms with E-state index >= 15 is 0 Å². The van der Waals surface area contributed by atoms with Crippen molar-refractivity contribution >= 4 is 16.8 Å². The largest absolute Gasteiger partial charge is 0.480 e. The second-order valence-electron chi connectivity index (χ2n) is 4.47. The molecular formula is C10H18O4S. The van der Waals surface area contributed by atoms with Crippen LogP contribution in [0.1, 0.15) is 33.6 Å². The van der Waals surface area contributed by atoms with Gasteiger partial charge in [0.25, 0.3) is 0 Å². The monoisotopic (exact) mass is 234 g/mol. The van der Waals surface area contributed by atoms with Crippen LogP contribution in [0.15, 0.2) is 0 Å². The molecule has 0 aliphatic carbocycles. The van der Waals surface area contributed by atoms with Crippen molar-refractivity contribution in [1.29, 1.82) is 0 Å². The van der Waals surface area contributed by atoms with Crippen molar-refractivity contribution < 1.29 is 18.8 Å². The lowest BCUT2D eigenvalue weighted by atomic mass is 10.2. The van der Waals surface area contributed by atoms with Crippen molar-refractivity contribution in [3.05, 3.63) is 0 Å². The molecule has 1 aliphatic heterocycles. The maximum absolute atomic E-state index is 11.8. The molecule has 1 aliphatic rings. The van der Waals surface area contributed by atoms with Crippen molar-refractivity contribution in [2.75, 3.05) is 5.75 Å². The van der Waals surface area contributed by atoms with E-state index in [0.717, 1.165) is 12.8 Å². The summed E-state index contributed by atoms with van der Waals surface area (Å²) in [5, 5.41) is 8.90. The van der Waals surface area contributed by atoms with Crippen LogP contribution in [0.5, 0.6) is 0 Å². The first-order valence-corrected chi connectivity index (χ1v) is 6.43. The molecule has 15 heavy (non-hydrogen) atoms. The lowest BCUT2D eigenvalue weighted by Crippen LogP contribution is -2.40. The van der Waals surface area contributed by atoms with E-state index in [-0.39, 0.29) is 12.2 Å². The van der Waals surface area contributed by atoms with Gasteiger partial charge in [0.15, 0.2) is 0 Å². The highest BCUT2D eigenvalue weighted by molar-refractivity contribution is 7.87. The quantitative estimate of drug-likeness (QED) is 0.793. The van der Waals surface area contributed by atoms with Crippen LogP contribution in [0.2, 0.25) is 0 Å². The van der Waals surface area contributed by atoms with E-state index in [1.165, 1.54) is 13.8 Å². The van der Waals surface area contributed by atoms with E-state index in [1.54, 1.807) is 0 Å². The average molecular weight is 234 g/mol. The van der Waals surface area contributed by atoms with Gasteiger partial charge in [-0.25, -0.2) is 0 Å². The topological polar surface area (TPSA) is 63.6 Å². The number of hydrogen-bond acceptors (Lipinski definition) is 3. The number of aliphatic carboxylic acids is 1. The molecular weight excluding hydrogens is 216 g/mol. The Morgan fingerprint density at radius 1 is 1.53 bits per heavy atom. The summed E-state index contributed by atoms with van der Waals surface area (Å²) < 4.78 is 16.2. The summed E-state index contributed by atoms with van der Waals surface area (Å²) in [4.78, 5) is 10.9.